The Labute approximate surface area is 134 Å². The molecule has 2 aromatic rings. The van der Waals surface area contributed by atoms with Gasteiger partial charge in [0.05, 0.1) is 0 Å². The molecule has 1 heterocycles. The monoisotopic (exact) mass is 327 g/mol. The zero-order valence-corrected chi connectivity index (χ0v) is 13.7. The fraction of sp³-hybridized carbons (Fsp3) is 0.467. The van der Waals surface area contributed by atoms with Gasteiger partial charge in [-0.3, -0.25) is 0 Å². The highest BCUT2D eigenvalue weighted by atomic mass is 35.5. The molecule has 1 N–H and O–H groups in total. The predicted molar refractivity (Wildman–Crippen MR) is 85.8 cm³/mol. The molecule has 0 bridgehead atoms. The van der Waals surface area contributed by atoms with Gasteiger partial charge in [-0.2, -0.15) is 4.98 Å². The van der Waals surface area contributed by atoms with Crippen molar-refractivity contribution < 1.29 is 4.52 Å². The fourth-order valence-electron chi connectivity index (χ4n) is 2.06. The fourth-order valence-corrected chi connectivity index (χ4v) is 2.58. The number of halogens is 2. The lowest BCUT2D eigenvalue weighted by molar-refractivity contribution is 0.354. The van der Waals surface area contributed by atoms with E-state index in [-0.39, 0.29) is 0 Å². The number of hydrogen-bond donors (Lipinski definition) is 1. The van der Waals surface area contributed by atoms with E-state index >= 15 is 0 Å². The number of rotatable bonds is 7. The van der Waals surface area contributed by atoms with Gasteiger partial charge in [-0.1, -0.05) is 42.2 Å². The van der Waals surface area contributed by atoms with Crippen LogP contribution in [0.15, 0.2) is 22.7 Å². The van der Waals surface area contributed by atoms with Crippen molar-refractivity contribution in [3.05, 3.63) is 34.1 Å². The maximum atomic E-state index is 5.99. The lowest BCUT2D eigenvalue weighted by atomic mass is 10.1. The standard InChI is InChI=1S/C15H19Cl2N3O/c1-3-5-18-13(4-2)9-14-19-15(20-21-14)10-6-11(16)8-12(17)7-10/h6-8,13,18H,3-5,9H2,1-2H3. The first-order valence-electron chi connectivity index (χ1n) is 7.14. The van der Waals surface area contributed by atoms with Crippen LogP contribution in [0.2, 0.25) is 10.0 Å². The van der Waals surface area contributed by atoms with Crippen LogP contribution >= 0.6 is 23.2 Å². The Hall–Kier alpha value is -1.10. The van der Waals surface area contributed by atoms with Crippen LogP contribution in [0.1, 0.15) is 32.6 Å². The average molecular weight is 328 g/mol. The second kappa shape index (κ2) is 7.78. The molecular weight excluding hydrogens is 309 g/mol. The van der Waals surface area contributed by atoms with Gasteiger partial charge < -0.3 is 9.84 Å². The average Bonchev–Trinajstić information content (AvgIpc) is 2.91. The van der Waals surface area contributed by atoms with E-state index in [1.54, 1.807) is 18.2 Å². The molecule has 0 saturated heterocycles. The molecule has 6 heteroatoms. The molecule has 1 atom stereocenters. The van der Waals surface area contributed by atoms with Crippen LogP contribution in [0.5, 0.6) is 0 Å². The third-order valence-electron chi connectivity index (χ3n) is 3.19. The molecule has 1 unspecified atom stereocenters. The zero-order chi connectivity index (χ0) is 15.2. The zero-order valence-electron chi connectivity index (χ0n) is 12.2. The molecule has 0 aliphatic heterocycles. The second-order valence-electron chi connectivity index (χ2n) is 4.93. The number of benzene rings is 1. The van der Waals surface area contributed by atoms with E-state index < -0.39 is 0 Å². The largest absolute Gasteiger partial charge is 0.339 e. The van der Waals surface area contributed by atoms with E-state index in [2.05, 4.69) is 29.3 Å². The Morgan fingerprint density at radius 2 is 1.90 bits per heavy atom. The van der Waals surface area contributed by atoms with Crippen LogP contribution in [0.3, 0.4) is 0 Å². The van der Waals surface area contributed by atoms with Crippen molar-refractivity contribution in [2.45, 2.75) is 39.2 Å². The van der Waals surface area contributed by atoms with Crippen molar-refractivity contribution in [2.24, 2.45) is 0 Å². The van der Waals surface area contributed by atoms with Crippen molar-refractivity contribution in [1.29, 1.82) is 0 Å². The van der Waals surface area contributed by atoms with Crippen LogP contribution in [0.4, 0.5) is 0 Å². The Kier molecular flexibility index (Phi) is 6.03. The first kappa shape index (κ1) is 16.3. The van der Waals surface area contributed by atoms with E-state index in [1.165, 1.54) is 0 Å². The van der Waals surface area contributed by atoms with E-state index in [0.29, 0.717) is 27.8 Å². The van der Waals surface area contributed by atoms with Crippen molar-refractivity contribution in [3.63, 3.8) is 0 Å². The summed E-state index contributed by atoms with van der Waals surface area (Å²) in [5.41, 5.74) is 0.761. The molecule has 0 aliphatic rings. The molecule has 0 aliphatic carbocycles. The molecule has 1 aromatic carbocycles. The van der Waals surface area contributed by atoms with Gasteiger partial charge in [0.1, 0.15) is 0 Å². The first-order chi connectivity index (χ1) is 10.1. The summed E-state index contributed by atoms with van der Waals surface area (Å²) < 4.78 is 5.32. The van der Waals surface area contributed by atoms with Crippen molar-refractivity contribution >= 4 is 23.2 Å². The van der Waals surface area contributed by atoms with Gasteiger partial charge in [0.15, 0.2) is 0 Å². The van der Waals surface area contributed by atoms with Crippen LogP contribution in [0.25, 0.3) is 11.4 Å². The Morgan fingerprint density at radius 3 is 2.52 bits per heavy atom. The number of nitrogens with one attached hydrogen (secondary N) is 1. The van der Waals surface area contributed by atoms with Gasteiger partial charge in [0.2, 0.25) is 11.7 Å². The summed E-state index contributed by atoms with van der Waals surface area (Å²) in [5, 5.41) is 8.58. The normalized spacial score (nSPS) is 12.6. The van der Waals surface area contributed by atoms with Gasteiger partial charge in [0, 0.05) is 28.1 Å². The second-order valence-corrected chi connectivity index (χ2v) is 5.81. The Morgan fingerprint density at radius 1 is 1.19 bits per heavy atom. The number of aromatic nitrogens is 2. The van der Waals surface area contributed by atoms with Gasteiger partial charge in [0.25, 0.3) is 0 Å². The third kappa shape index (κ3) is 4.70. The van der Waals surface area contributed by atoms with Crippen molar-refractivity contribution in [1.82, 2.24) is 15.5 Å². The molecule has 2 rings (SSSR count). The molecule has 0 saturated carbocycles. The summed E-state index contributed by atoms with van der Waals surface area (Å²) in [5.74, 6) is 1.14. The van der Waals surface area contributed by atoms with Crippen molar-refractivity contribution in [2.75, 3.05) is 6.54 Å². The molecule has 4 nitrogen and oxygen atoms in total. The molecule has 114 valence electrons. The molecule has 0 radical (unpaired) electrons. The summed E-state index contributed by atoms with van der Waals surface area (Å²) in [6.45, 7) is 5.28. The smallest absolute Gasteiger partial charge is 0.228 e. The topological polar surface area (TPSA) is 51.0 Å². The van der Waals surface area contributed by atoms with E-state index in [1.807, 2.05) is 0 Å². The SMILES string of the molecule is CCCNC(CC)Cc1nc(-c2cc(Cl)cc(Cl)c2)no1. The quantitative estimate of drug-likeness (QED) is 0.820. The molecule has 0 fully saturated rings. The van der Waals surface area contributed by atoms with Crippen LogP contribution in [0, 0.1) is 0 Å². The summed E-state index contributed by atoms with van der Waals surface area (Å²) >= 11 is 12.0. The lowest BCUT2D eigenvalue weighted by Crippen LogP contribution is -2.31. The highest BCUT2D eigenvalue weighted by Crippen LogP contribution is 2.25. The highest BCUT2D eigenvalue weighted by Gasteiger charge is 2.14. The predicted octanol–water partition coefficient (Wildman–Crippen LogP) is 4.36. The minimum absolute atomic E-state index is 0.348. The lowest BCUT2D eigenvalue weighted by Gasteiger charge is -2.13. The summed E-state index contributed by atoms with van der Waals surface area (Å²) in [6, 6.07) is 5.57. The van der Waals surface area contributed by atoms with Crippen LogP contribution in [-0.4, -0.2) is 22.7 Å². The molecule has 21 heavy (non-hydrogen) atoms. The van der Waals surface area contributed by atoms with Gasteiger partial charge in [-0.05, 0) is 37.6 Å². The van der Waals surface area contributed by atoms with Gasteiger partial charge in [-0.25, -0.2) is 0 Å². The van der Waals surface area contributed by atoms with E-state index in [4.69, 9.17) is 27.7 Å². The Balaban J connectivity index is 2.10. The highest BCUT2D eigenvalue weighted by molar-refractivity contribution is 6.35. The molecule has 0 amide bonds. The Bertz CT molecular complexity index is 566. The summed E-state index contributed by atoms with van der Waals surface area (Å²) in [6.07, 6.45) is 2.84. The number of hydrogen-bond acceptors (Lipinski definition) is 4. The summed E-state index contributed by atoms with van der Waals surface area (Å²) in [7, 11) is 0. The van der Waals surface area contributed by atoms with Gasteiger partial charge >= 0.3 is 0 Å². The molecule has 0 spiro atoms. The minimum atomic E-state index is 0.348. The van der Waals surface area contributed by atoms with E-state index in [9.17, 15) is 0 Å². The summed E-state index contributed by atoms with van der Waals surface area (Å²) in [4.78, 5) is 4.42. The third-order valence-corrected chi connectivity index (χ3v) is 3.62. The molecular formula is C15H19Cl2N3O. The first-order valence-corrected chi connectivity index (χ1v) is 7.90. The molecule has 1 aromatic heterocycles. The number of nitrogens with zero attached hydrogens (tertiary/aromatic N) is 2. The van der Waals surface area contributed by atoms with E-state index in [0.717, 1.165) is 31.4 Å². The maximum absolute atomic E-state index is 5.99. The van der Waals surface area contributed by atoms with Crippen molar-refractivity contribution in [3.8, 4) is 11.4 Å². The van der Waals surface area contributed by atoms with Gasteiger partial charge in [-0.15, -0.1) is 0 Å². The maximum Gasteiger partial charge on any atom is 0.228 e. The van der Waals surface area contributed by atoms with Crippen LogP contribution < -0.4 is 5.32 Å². The van der Waals surface area contributed by atoms with Crippen LogP contribution in [-0.2, 0) is 6.42 Å². The minimum Gasteiger partial charge on any atom is -0.339 e.